The average Bonchev–Trinajstić information content (AvgIpc) is 2.55. The molecule has 0 unspecified atom stereocenters. The lowest BCUT2D eigenvalue weighted by atomic mass is 10.1. The van der Waals surface area contributed by atoms with Crippen LogP contribution in [0.15, 0.2) is 60.7 Å². The number of carbonyl (C=O) groups excluding carboxylic acids is 1. The van der Waals surface area contributed by atoms with Crippen LogP contribution in [0, 0.1) is 0 Å². The summed E-state index contributed by atoms with van der Waals surface area (Å²) in [6.45, 7) is 0. The van der Waals surface area contributed by atoms with Gasteiger partial charge >= 0.3 is 0 Å². The molecule has 3 rings (SSSR count). The molecule has 0 radical (unpaired) electrons. The number of anilines is 1. The normalized spacial score (nSPS) is 10.5. The summed E-state index contributed by atoms with van der Waals surface area (Å²) in [4.78, 5) is 12.4. The Morgan fingerprint density at radius 1 is 0.955 bits per heavy atom. The third-order valence-corrected chi connectivity index (χ3v) is 3.80. The minimum atomic E-state index is -0.235. The van der Waals surface area contributed by atoms with E-state index in [4.69, 9.17) is 16.3 Å². The molecule has 3 aromatic carbocycles. The number of rotatable bonds is 3. The van der Waals surface area contributed by atoms with E-state index in [0.717, 1.165) is 22.2 Å². The molecule has 0 bridgehead atoms. The highest BCUT2D eigenvalue weighted by Gasteiger charge is 2.12. The molecule has 0 saturated heterocycles. The van der Waals surface area contributed by atoms with Crippen molar-refractivity contribution < 1.29 is 9.53 Å². The maximum Gasteiger partial charge on any atom is 0.257 e. The minimum absolute atomic E-state index is 0.235. The molecule has 1 amide bonds. The molecular weight excluding hydrogens is 298 g/mol. The lowest BCUT2D eigenvalue weighted by Crippen LogP contribution is -2.12. The number of ether oxygens (including phenoxy) is 1. The first-order chi connectivity index (χ1) is 10.7. The van der Waals surface area contributed by atoms with Crippen LogP contribution in [0.3, 0.4) is 0 Å². The largest absolute Gasteiger partial charge is 0.496 e. The van der Waals surface area contributed by atoms with Gasteiger partial charge in [0.2, 0.25) is 0 Å². The van der Waals surface area contributed by atoms with E-state index in [-0.39, 0.29) is 5.91 Å². The highest BCUT2D eigenvalue weighted by molar-refractivity contribution is 6.34. The monoisotopic (exact) mass is 311 g/mol. The van der Waals surface area contributed by atoms with Crippen molar-refractivity contribution in [1.29, 1.82) is 0 Å². The van der Waals surface area contributed by atoms with Gasteiger partial charge in [-0.1, -0.05) is 48.0 Å². The number of halogens is 1. The summed E-state index contributed by atoms with van der Waals surface area (Å²) in [5.41, 5.74) is 1.17. The van der Waals surface area contributed by atoms with Crippen LogP contribution in [0.5, 0.6) is 5.75 Å². The fourth-order valence-electron chi connectivity index (χ4n) is 2.39. The molecule has 0 aliphatic heterocycles. The molecule has 0 aliphatic carbocycles. The van der Waals surface area contributed by atoms with Crippen molar-refractivity contribution in [1.82, 2.24) is 0 Å². The number of amides is 1. The Labute approximate surface area is 133 Å². The van der Waals surface area contributed by atoms with Gasteiger partial charge < -0.3 is 10.1 Å². The number of carbonyl (C=O) groups is 1. The second-order valence-electron chi connectivity index (χ2n) is 4.79. The third kappa shape index (κ3) is 2.63. The van der Waals surface area contributed by atoms with Gasteiger partial charge in [-0.15, -0.1) is 0 Å². The minimum Gasteiger partial charge on any atom is -0.496 e. The number of methoxy groups -OCH3 is 1. The Balaban J connectivity index is 2.01. The van der Waals surface area contributed by atoms with Crippen LogP contribution in [0.1, 0.15) is 10.4 Å². The lowest BCUT2D eigenvalue weighted by Gasteiger charge is -2.12. The molecule has 4 heteroatoms. The summed E-state index contributed by atoms with van der Waals surface area (Å²) in [6, 6.07) is 18.4. The molecule has 0 heterocycles. The van der Waals surface area contributed by atoms with Crippen molar-refractivity contribution >= 4 is 34.0 Å². The Bertz CT molecular complexity index is 845. The zero-order chi connectivity index (χ0) is 15.5. The number of hydrogen-bond acceptors (Lipinski definition) is 2. The lowest BCUT2D eigenvalue weighted by molar-refractivity contribution is 0.102. The predicted octanol–water partition coefficient (Wildman–Crippen LogP) is 4.75. The number of nitrogens with one attached hydrogen (secondary N) is 1. The van der Waals surface area contributed by atoms with Crippen molar-refractivity contribution in [2.75, 3.05) is 12.4 Å². The van der Waals surface area contributed by atoms with Crippen LogP contribution in [0.25, 0.3) is 10.8 Å². The van der Waals surface area contributed by atoms with Gasteiger partial charge in [-0.05, 0) is 24.3 Å². The van der Waals surface area contributed by atoms with E-state index in [9.17, 15) is 4.79 Å². The molecule has 0 spiro atoms. The first kappa shape index (κ1) is 14.4. The van der Waals surface area contributed by atoms with Gasteiger partial charge in [0.05, 0.1) is 17.7 Å². The van der Waals surface area contributed by atoms with Crippen LogP contribution >= 0.6 is 11.6 Å². The number of benzene rings is 3. The quantitative estimate of drug-likeness (QED) is 0.757. The maximum atomic E-state index is 12.4. The molecule has 0 fully saturated rings. The fraction of sp³-hybridized carbons (Fsp3) is 0.0556. The molecular formula is C18H14ClNO2. The third-order valence-electron chi connectivity index (χ3n) is 3.47. The van der Waals surface area contributed by atoms with Gasteiger partial charge in [0, 0.05) is 16.5 Å². The van der Waals surface area contributed by atoms with E-state index in [1.807, 2.05) is 36.4 Å². The number of hydrogen-bond donors (Lipinski definition) is 1. The summed E-state index contributed by atoms with van der Waals surface area (Å²) in [7, 11) is 1.63. The van der Waals surface area contributed by atoms with Gasteiger partial charge in [0.25, 0.3) is 5.91 Å². The Hall–Kier alpha value is -2.52. The van der Waals surface area contributed by atoms with Gasteiger partial charge in [-0.2, -0.15) is 0 Å². The molecule has 110 valence electrons. The van der Waals surface area contributed by atoms with Crippen molar-refractivity contribution in [2.24, 2.45) is 0 Å². The van der Waals surface area contributed by atoms with E-state index in [1.165, 1.54) is 0 Å². The summed E-state index contributed by atoms with van der Waals surface area (Å²) in [5.74, 6) is 0.535. The van der Waals surface area contributed by atoms with Crippen molar-refractivity contribution in [3.8, 4) is 5.75 Å². The summed E-state index contributed by atoms with van der Waals surface area (Å²) in [6.07, 6.45) is 0. The predicted molar refractivity (Wildman–Crippen MR) is 89.9 cm³/mol. The van der Waals surface area contributed by atoms with Crippen LogP contribution in [0.2, 0.25) is 5.02 Å². The SMILES string of the molecule is COc1ccc(NC(=O)c2ccccc2Cl)c2ccccc12. The highest BCUT2D eigenvalue weighted by atomic mass is 35.5. The van der Waals surface area contributed by atoms with Crippen molar-refractivity contribution in [2.45, 2.75) is 0 Å². The molecule has 0 saturated carbocycles. The zero-order valence-corrected chi connectivity index (χ0v) is 12.7. The molecule has 0 aromatic heterocycles. The fourth-order valence-corrected chi connectivity index (χ4v) is 2.61. The second-order valence-corrected chi connectivity index (χ2v) is 5.20. The summed E-state index contributed by atoms with van der Waals surface area (Å²) < 4.78 is 5.36. The zero-order valence-electron chi connectivity index (χ0n) is 12.0. The Kier molecular flexibility index (Phi) is 3.98. The van der Waals surface area contributed by atoms with Crippen LogP contribution in [-0.4, -0.2) is 13.0 Å². The molecule has 0 atom stereocenters. The maximum absolute atomic E-state index is 12.4. The Morgan fingerprint density at radius 3 is 2.36 bits per heavy atom. The molecule has 22 heavy (non-hydrogen) atoms. The van der Waals surface area contributed by atoms with E-state index in [2.05, 4.69) is 5.32 Å². The van der Waals surface area contributed by atoms with Gasteiger partial charge in [-0.3, -0.25) is 4.79 Å². The Morgan fingerprint density at radius 2 is 1.64 bits per heavy atom. The second kappa shape index (κ2) is 6.08. The van der Waals surface area contributed by atoms with Gasteiger partial charge in [-0.25, -0.2) is 0 Å². The first-order valence-electron chi connectivity index (χ1n) is 6.82. The standard InChI is InChI=1S/C18H14ClNO2/c1-22-17-11-10-16(12-6-2-3-7-13(12)17)20-18(21)14-8-4-5-9-15(14)19/h2-11H,1H3,(H,20,21). The van der Waals surface area contributed by atoms with Crippen LogP contribution < -0.4 is 10.1 Å². The van der Waals surface area contributed by atoms with E-state index >= 15 is 0 Å². The molecule has 3 aromatic rings. The van der Waals surface area contributed by atoms with Crippen LogP contribution in [-0.2, 0) is 0 Å². The van der Waals surface area contributed by atoms with Crippen molar-refractivity contribution in [3.05, 3.63) is 71.2 Å². The van der Waals surface area contributed by atoms with Gasteiger partial charge in [0.15, 0.2) is 0 Å². The first-order valence-corrected chi connectivity index (χ1v) is 7.20. The highest BCUT2D eigenvalue weighted by Crippen LogP contribution is 2.31. The topological polar surface area (TPSA) is 38.3 Å². The van der Waals surface area contributed by atoms with E-state index in [1.54, 1.807) is 31.4 Å². The molecule has 1 N–H and O–H groups in total. The average molecular weight is 312 g/mol. The molecule has 0 aliphatic rings. The van der Waals surface area contributed by atoms with Gasteiger partial charge in [0.1, 0.15) is 5.75 Å². The molecule has 3 nitrogen and oxygen atoms in total. The summed E-state index contributed by atoms with van der Waals surface area (Å²) >= 11 is 6.07. The smallest absolute Gasteiger partial charge is 0.257 e. The van der Waals surface area contributed by atoms with E-state index in [0.29, 0.717) is 10.6 Å². The van der Waals surface area contributed by atoms with Crippen LogP contribution in [0.4, 0.5) is 5.69 Å². The summed E-state index contributed by atoms with van der Waals surface area (Å²) in [5, 5.41) is 5.21. The number of fused-ring (bicyclic) bond motifs is 1. The van der Waals surface area contributed by atoms with E-state index < -0.39 is 0 Å². The van der Waals surface area contributed by atoms with Crippen molar-refractivity contribution in [3.63, 3.8) is 0 Å².